The molecule has 0 radical (unpaired) electrons. The van der Waals surface area contributed by atoms with Crippen LogP contribution in [0.4, 0.5) is 4.79 Å². The van der Waals surface area contributed by atoms with Gasteiger partial charge in [-0.15, -0.1) is 0 Å². The number of carbonyl (C=O) groups excluding carboxylic acids is 3. The van der Waals surface area contributed by atoms with Crippen LogP contribution in [0.3, 0.4) is 0 Å². The van der Waals surface area contributed by atoms with E-state index in [1.807, 2.05) is 41.3 Å². The normalized spacial score (nSPS) is 18.2. The molecule has 3 amide bonds. The Morgan fingerprint density at radius 1 is 1.08 bits per heavy atom. The summed E-state index contributed by atoms with van der Waals surface area (Å²) in [6.45, 7) is 6.62. The average molecular weight is 525 g/mol. The zero-order chi connectivity index (χ0) is 27.7. The van der Waals surface area contributed by atoms with Gasteiger partial charge in [-0.25, -0.2) is 9.86 Å². The highest BCUT2D eigenvalue weighted by atomic mass is 16.7. The topological polar surface area (TPSA) is 100 Å². The van der Waals surface area contributed by atoms with Crippen LogP contribution in [0.2, 0.25) is 0 Å². The van der Waals surface area contributed by atoms with Crippen molar-refractivity contribution in [1.82, 2.24) is 20.6 Å². The van der Waals surface area contributed by atoms with Crippen molar-refractivity contribution in [2.24, 2.45) is 0 Å². The van der Waals surface area contributed by atoms with Crippen molar-refractivity contribution < 1.29 is 24.0 Å². The maximum atomic E-state index is 13.8. The molecule has 1 aliphatic rings. The van der Waals surface area contributed by atoms with Crippen LogP contribution < -0.4 is 10.6 Å². The van der Waals surface area contributed by atoms with Crippen molar-refractivity contribution in [3.8, 4) is 0 Å². The molecule has 0 aliphatic carbocycles. The molecule has 0 aromatic heterocycles. The summed E-state index contributed by atoms with van der Waals surface area (Å²) in [6.07, 6.45) is 0.0127. The fraction of sp³-hybridized carbons (Fsp3) is 0.483. The average Bonchev–Trinajstić information content (AvgIpc) is 3.04. The van der Waals surface area contributed by atoms with Crippen molar-refractivity contribution in [1.29, 1.82) is 0 Å². The van der Waals surface area contributed by atoms with E-state index in [0.717, 1.165) is 16.2 Å². The van der Waals surface area contributed by atoms with E-state index in [0.29, 0.717) is 19.5 Å². The van der Waals surface area contributed by atoms with E-state index >= 15 is 0 Å². The lowest BCUT2D eigenvalue weighted by atomic mass is 9.90. The lowest BCUT2D eigenvalue weighted by Crippen LogP contribution is -2.51. The van der Waals surface area contributed by atoms with Gasteiger partial charge in [0.05, 0.1) is 19.6 Å². The molecule has 1 aliphatic heterocycles. The van der Waals surface area contributed by atoms with E-state index in [4.69, 9.17) is 9.57 Å². The Morgan fingerprint density at radius 3 is 2.18 bits per heavy atom. The molecule has 1 heterocycles. The molecule has 9 heteroatoms. The van der Waals surface area contributed by atoms with E-state index in [9.17, 15) is 14.4 Å². The van der Waals surface area contributed by atoms with E-state index < -0.39 is 17.7 Å². The number of hydroxylamine groups is 2. The maximum Gasteiger partial charge on any atom is 0.407 e. The van der Waals surface area contributed by atoms with Crippen LogP contribution in [0.15, 0.2) is 60.7 Å². The fourth-order valence-corrected chi connectivity index (χ4v) is 4.49. The number of carbonyl (C=O) groups is 3. The number of benzene rings is 2. The second-order valence-corrected chi connectivity index (χ2v) is 10.5. The van der Waals surface area contributed by atoms with Gasteiger partial charge in [-0.1, -0.05) is 60.7 Å². The molecule has 0 spiro atoms. The Balaban J connectivity index is 1.82. The first-order chi connectivity index (χ1) is 18.1. The van der Waals surface area contributed by atoms with Crippen LogP contribution in [-0.2, 0) is 19.2 Å². The van der Waals surface area contributed by atoms with Crippen molar-refractivity contribution >= 4 is 17.9 Å². The summed E-state index contributed by atoms with van der Waals surface area (Å²) in [4.78, 5) is 45.6. The van der Waals surface area contributed by atoms with Gasteiger partial charge in [0.15, 0.2) is 0 Å². The second-order valence-electron chi connectivity index (χ2n) is 10.5. The molecule has 2 aromatic carbocycles. The molecule has 3 rings (SSSR count). The molecule has 0 bridgehead atoms. The van der Waals surface area contributed by atoms with Crippen molar-refractivity contribution in [3.05, 3.63) is 71.8 Å². The molecule has 2 aromatic rings. The number of hydrogen-bond acceptors (Lipinski definition) is 6. The summed E-state index contributed by atoms with van der Waals surface area (Å²) in [6, 6.07) is 19.2. The van der Waals surface area contributed by atoms with Gasteiger partial charge < -0.3 is 20.3 Å². The van der Waals surface area contributed by atoms with Gasteiger partial charge in [-0.3, -0.25) is 14.4 Å². The molecule has 2 N–H and O–H groups in total. The summed E-state index contributed by atoms with van der Waals surface area (Å²) in [5.74, 6) is -0.503. The smallest absolute Gasteiger partial charge is 0.407 e. The lowest BCUT2D eigenvalue weighted by Gasteiger charge is -2.29. The van der Waals surface area contributed by atoms with Crippen LogP contribution in [0, 0.1) is 0 Å². The number of ether oxygens (including phenoxy) is 1. The molecular weight excluding hydrogens is 484 g/mol. The van der Waals surface area contributed by atoms with Gasteiger partial charge in [-0.05, 0) is 38.3 Å². The molecule has 206 valence electrons. The highest BCUT2D eigenvalue weighted by Crippen LogP contribution is 2.27. The van der Waals surface area contributed by atoms with Crippen molar-refractivity contribution in [2.75, 3.05) is 33.8 Å². The fourth-order valence-electron chi connectivity index (χ4n) is 4.49. The molecule has 0 saturated carbocycles. The van der Waals surface area contributed by atoms with Gasteiger partial charge in [0.25, 0.3) is 0 Å². The summed E-state index contributed by atoms with van der Waals surface area (Å²) in [5, 5.41) is 7.23. The molecule has 2 atom stereocenters. The van der Waals surface area contributed by atoms with Crippen LogP contribution in [-0.4, -0.2) is 79.3 Å². The third kappa shape index (κ3) is 8.56. The van der Waals surface area contributed by atoms with E-state index in [2.05, 4.69) is 34.9 Å². The largest absolute Gasteiger partial charge is 0.444 e. The first-order valence-corrected chi connectivity index (χ1v) is 13.0. The predicted octanol–water partition coefficient (Wildman–Crippen LogP) is 3.31. The quantitative estimate of drug-likeness (QED) is 0.489. The minimum absolute atomic E-state index is 0.0317. The first kappa shape index (κ1) is 29.1. The molecular formula is C29H40N4O5. The zero-order valence-electron chi connectivity index (χ0n) is 23.0. The van der Waals surface area contributed by atoms with Crippen LogP contribution in [0.25, 0.3) is 0 Å². The number of alkyl carbamates (subject to hydrolysis) is 1. The summed E-state index contributed by atoms with van der Waals surface area (Å²) < 4.78 is 5.36. The summed E-state index contributed by atoms with van der Waals surface area (Å²) in [5.41, 5.74) is 1.61. The first-order valence-electron chi connectivity index (χ1n) is 13.0. The third-order valence-electron chi connectivity index (χ3n) is 6.50. The van der Waals surface area contributed by atoms with E-state index in [-0.39, 0.29) is 36.7 Å². The minimum Gasteiger partial charge on any atom is -0.444 e. The van der Waals surface area contributed by atoms with Gasteiger partial charge in [0.2, 0.25) is 11.8 Å². The van der Waals surface area contributed by atoms with Crippen LogP contribution in [0.5, 0.6) is 0 Å². The highest BCUT2D eigenvalue weighted by molar-refractivity contribution is 5.88. The Hall–Kier alpha value is -3.43. The highest BCUT2D eigenvalue weighted by Gasteiger charge is 2.35. The number of hydrogen-bond donors (Lipinski definition) is 2. The standard InChI is InChI=1S/C29H40N4O5/c1-29(2,3)38-28(36)30-19-23-16-17-33(27(35)25(31-23)18-26(34)32(4)37-5)20-24(21-12-8-6-9-13-21)22-14-10-7-11-15-22/h6-15,23-25,31H,16-20H2,1-5H3,(H,30,36)/t23?,25-/m0/s1. The molecule has 1 fully saturated rings. The predicted molar refractivity (Wildman–Crippen MR) is 145 cm³/mol. The Kier molecular flexibility index (Phi) is 10.3. The van der Waals surface area contributed by atoms with E-state index in [1.54, 1.807) is 20.8 Å². The van der Waals surface area contributed by atoms with Gasteiger partial charge in [0.1, 0.15) is 5.60 Å². The Labute approximate surface area is 225 Å². The van der Waals surface area contributed by atoms with Crippen LogP contribution >= 0.6 is 0 Å². The monoisotopic (exact) mass is 524 g/mol. The maximum absolute atomic E-state index is 13.8. The van der Waals surface area contributed by atoms with Gasteiger partial charge >= 0.3 is 6.09 Å². The lowest BCUT2D eigenvalue weighted by molar-refractivity contribution is -0.170. The number of nitrogens with zero attached hydrogens (tertiary/aromatic N) is 2. The number of nitrogens with one attached hydrogen (secondary N) is 2. The van der Waals surface area contributed by atoms with Crippen LogP contribution in [0.1, 0.15) is 50.7 Å². The molecule has 1 unspecified atom stereocenters. The number of rotatable bonds is 9. The summed E-state index contributed by atoms with van der Waals surface area (Å²) in [7, 11) is 2.92. The minimum atomic E-state index is -0.764. The zero-order valence-corrected chi connectivity index (χ0v) is 23.0. The third-order valence-corrected chi connectivity index (χ3v) is 6.50. The molecule has 1 saturated heterocycles. The van der Waals surface area contributed by atoms with E-state index in [1.165, 1.54) is 14.2 Å². The Bertz CT molecular complexity index is 1020. The summed E-state index contributed by atoms with van der Waals surface area (Å²) >= 11 is 0. The number of amides is 3. The SMILES string of the molecule is CON(C)C(=O)C[C@@H]1NC(CNC(=O)OC(C)(C)C)CCN(CC(c2ccccc2)c2ccccc2)C1=O. The Morgan fingerprint density at radius 2 is 1.66 bits per heavy atom. The molecule has 9 nitrogen and oxygen atoms in total. The van der Waals surface area contributed by atoms with Crippen molar-refractivity contribution in [3.63, 3.8) is 0 Å². The molecule has 38 heavy (non-hydrogen) atoms. The second kappa shape index (κ2) is 13.4. The van der Waals surface area contributed by atoms with Gasteiger partial charge in [-0.2, -0.15) is 0 Å². The van der Waals surface area contributed by atoms with Crippen molar-refractivity contribution in [2.45, 2.75) is 57.2 Å². The van der Waals surface area contributed by atoms with Gasteiger partial charge in [0, 0.05) is 38.6 Å².